The highest BCUT2D eigenvalue weighted by molar-refractivity contribution is 5.78. The maximum absolute atomic E-state index is 11.6. The molecule has 5 heterocycles. The molecule has 0 spiro atoms. The first-order valence-electron chi connectivity index (χ1n) is 34.5. The normalized spacial score (nSPS) is 16.5. The number of ether oxygens (including phenoxy) is 9. The van der Waals surface area contributed by atoms with Gasteiger partial charge in [-0.05, 0) is 176 Å². The number of pyridine rings is 1. The van der Waals surface area contributed by atoms with E-state index in [-0.39, 0.29) is 92.5 Å². The maximum atomic E-state index is 11.6. The van der Waals surface area contributed by atoms with Crippen LogP contribution in [0, 0.1) is 11.8 Å². The van der Waals surface area contributed by atoms with Crippen LogP contribution < -0.4 is 0 Å². The number of nitrogens with zero attached hydrogens (tertiary/aromatic N) is 8. The van der Waals surface area contributed by atoms with Gasteiger partial charge in [0, 0.05) is 91.3 Å². The van der Waals surface area contributed by atoms with Crippen LogP contribution in [0.4, 0.5) is 0 Å². The van der Waals surface area contributed by atoms with Gasteiger partial charge in [0.05, 0.1) is 93.5 Å². The fraction of sp³-hybridized carbons (Fsp3) is 0.857. The summed E-state index contributed by atoms with van der Waals surface area (Å²) in [6.45, 7) is 51.0. The lowest BCUT2D eigenvalue weighted by atomic mass is 9.99. The number of carbonyl (C=O) groups excluding carboxylic acids is 5. The third-order valence-electron chi connectivity index (χ3n) is 14.2. The first-order chi connectivity index (χ1) is 43.4. The van der Waals surface area contributed by atoms with Gasteiger partial charge in [-0.25, -0.2) is 0 Å². The Morgan fingerprint density at radius 2 is 0.891 bits per heavy atom. The SMILES string of the molecule is CC(C)OC1CCCC1.CC(C)OCC(=O)N1CCN(C)CC1.CC(C)OCC(=O)N1CCN(C)CC1.CC(C)OCC(=O)N1CCOCC1.CC(C)OCCN(C)C.CC(C)OCc1ccccn1.CC1CCN(C(=O)COC(C)C)CC1.CCOC(=O)C(C)C. The van der Waals surface area contributed by atoms with Crippen molar-refractivity contribution < 1.29 is 66.6 Å². The van der Waals surface area contributed by atoms with Gasteiger partial charge < -0.3 is 76.9 Å². The lowest BCUT2D eigenvalue weighted by molar-refractivity contribution is -0.146. The van der Waals surface area contributed by atoms with Gasteiger partial charge in [-0.3, -0.25) is 29.0 Å². The Hall–Kier alpha value is -3.94. The van der Waals surface area contributed by atoms with E-state index in [1.807, 2.05) is 130 Å². The van der Waals surface area contributed by atoms with Crippen LogP contribution in [-0.4, -0.2) is 284 Å². The average Bonchev–Trinajstić information content (AvgIpc) is 1.70. The predicted octanol–water partition coefficient (Wildman–Crippen LogP) is 8.85. The van der Waals surface area contributed by atoms with E-state index in [0.29, 0.717) is 57.8 Å². The molecule has 0 radical (unpaired) electrons. The van der Waals surface area contributed by atoms with Crippen LogP contribution in [0.1, 0.15) is 169 Å². The number of hydrogen-bond acceptors (Lipinski definition) is 18. The van der Waals surface area contributed by atoms with Crippen LogP contribution in [-0.2, 0) is 73.2 Å². The van der Waals surface area contributed by atoms with E-state index in [4.69, 9.17) is 37.9 Å². The molecule has 0 atom stereocenters. The number of piperidine rings is 1. The molecule has 92 heavy (non-hydrogen) atoms. The number of hydrogen-bond donors (Lipinski definition) is 0. The molecule has 0 bridgehead atoms. The summed E-state index contributed by atoms with van der Waals surface area (Å²) >= 11 is 0. The second-order valence-corrected chi connectivity index (χ2v) is 26.3. The molecule has 1 saturated carbocycles. The van der Waals surface area contributed by atoms with Crippen LogP contribution in [0.5, 0.6) is 0 Å². The van der Waals surface area contributed by atoms with Crippen molar-refractivity contribution in [3.63, 3.8) is 0 Å². The molecular formula is C70H136N8O14. The zero-order chi connectivity index (χ0) is 70.0. The van der Waals surface area contributed by atoms with Crippen molar-refractivity contribution in [2.24, 2.45) is 11.8 Å². The Bertz CT molecular complexity index is 1820. The van der Waals surface area contributed by atoms with Gasteiger partial charge in [0.15, 0.2) is 0 Å². The average molecular weight is 1310 g/mol. The summed E-state index contributed by atoms with van der Waals surface area (Å²) in [7, 11) is 8.24. The zero-order valence-corrected chi connectivity index (χ0v) is 62.2. The van der Waals surface area contributed by atoms with Crippen LogP contribution >= 0.6 is 0 Å². The smallest absolute Gasteiger partial charge is 0.308 e. The molecule has 22 heteroatoms. The van der Waals surface area contributed by atoms with Crippen molar-refractivity contribution in [2.75, 3.05) is 166 Å². The highest BCUT2D eigenvalue weighted by Crippen LogP contribution is 2.22. The number of likely N-dealkylation sites (N-methyl/N-ethyl adjacent to an activating group) is 3. The number of amides is 4. The molecule has 1 aromatic rings. The molecular weight excluding hydrogens is 1180 g/mol. The van der Waals surface area contributed by atoms with E-state index in [2.05, 4.69) is 73.1 Å². The minimum atomic E-state index is -0.118. The van der Waals surface area contributed by atoms with Gasteiger partial charge in [0.1, 0.15) is 26.4 Å². The highest BCUT2D eigenvalue weighted by atomic mass is 16.5. The summed E-state index contributed by atoms with van der Waals surface area (Å²) in [4.78, 5) is 74.9. The van der Waals surface area contributed by atoms with Gasteiger partial charge in [-0.2, -0.15) is 0 Å². The largest absolute Gasteiger partial charge is 0.466 e. The van der Waals surface area contributed by atoms with E-state index in [9.17, 15) is 24.0 Å². The number of carbonyl (C=O) groups is 5. The standard InChI is InChI=1S/C11H21NO2.2C10H20N2O2.C9H17NO3.C9H13NO.C8H16O.C7H17NO.C6H12O2/c1-9(2)14-8-11(13)12-6-4-10(3)5-7-12;2*1-9(2)14-8-10(13)12-6-4-11(3)5-7-12;1-8(2)13-7-9(11)10-3-5-12-6-4-10;1-8(2)11-7-9-5-3-4-6-10-9;1-7(2)9-8-5-3-4-6-8;1-7(2)9-6-5-8(3)4;1-4-8-6(7)5(2)3/h9-10H,4-8H2,1-3H3;2*9H,4-8H2,1-3H3;8H,3-7H2,1-2H3;3-6,8H,7H2,1-2H3;7-8H,3-6H2,1-2H3;7H,5-6H2,1-4H3;5H,4H2,1-3H3. The number of likely N-dealkylation sites (tertiary alicyclic amines) is 1. The van der Waals surface area contributed by atoms with Crippen molar-refractivity contribution in [3.05, 3.63) is 30.1 Å². The van der Waals surface area contributed by atoms with E-state index >= 15 is 0 Å². The highest BCUT2D eigenvalue weighted by Gasteiger charge is 2.23. The first-order valence-corrected chi connectivity index (χ1v) is 34.5. The molecule has 1 aliphatic carbocycles. The summed E-state index contributed by atoms with van der Waals surface area (Å²) in [6.07, 6.45) is 11.5. The minimum Gasteiger partial charge on any atom is -0.466 e. The molecule has 5 fully saturated rings. The Morgan fingerprint density at radius 1 is 0.511 bits per heavy atom. The van der Waals surface area contributed by atoms with E-state index in [1.165, 1.54) is 25.7 Å². The summed E-state index contributed by atoms with van der Waals surface area (Å²) in [5, 5.41) is 0. The quantitative estimate of drug-likeness (QED) is 0.0939. The molecule has 6 rings (SSSR count). The van der Waals surface area contributed by atoms with E-state index < -0.39 is 0 Å². The second kappa shape index (κ2) is 56.3. The summed E-state index contributed by atoms with van der Waals surface area (Å²) < 4.78 is 47.2. The minimum absolute atomic E-state index is 0.00921. The third kappa shape index (κ3) is 54.3. The number of piperazine rings is 2. The Balaban J connectivity index is 0. The van der Waals surface area contributed by atoms with Gasteiger partial charge in [-0.15, -0.1) is 0 Å². The topological polar surface area (TPSA) is 204 Å². The van der Waals surface area contributed by atoms with Crippen LogP contribution in [0.15, 0.2) is 24.4 Å². The van der Waals surface area contributed by atoms with Crippen LogP contribution in [0.3, 0.4) is 0 Å². The molecule has 540 valence electrons. The molecule has 0 N–H and O–H groups in total. The van der Waals surface area contributed by atoms with Crippen molar-refractivity contribution in [1.82, 2.24) is 39.3 Å². The van der Waals surface area contributed by atoms with Gasteiger partial charge >= 0.3 is 5.97 Å². The Labute approximate surface area is 560 Å². The lowest BCUT2D eigenvalue weighted by Gasteiger charge is -2.32. The summed E-state index contributed by atoms with van der Waals surface area (Å²) in [5.74, 6) is 1.11. The van der Waals surface area contributed by atoms with Crippen molar-refractivity contribution in [1.29, 1.82) is 0 Å². The monoisotopic (exact) mass is 1310 g/mol. The molecule has 0 unspecified atom stereocenters. The number of esters is 1. The van der Waals surface area contributed by atoms with Crippen molar-refractivity contribution in [2.45, 2.75) is 219 Å². The summed E-state index contributed by atoms with van der Waals surface area (Å²) in [6, 6.07) is 5.83. The molecule has 4 saturated heterocycles. The van der Waals surface area contributed by atoms with Crippen molar-refractivity contribution >= 4 is 29.6 Å². The predicted molar refractivity (Wildman–Crippen MR) is 369 cm³/mol. The van der Waals surface area contributed by atoms with Crippen LogP contribution in [0.2, 0.25) is 0 Å². The fourth-order valence-electron chi connectivity index (χ4n) is 8.42. The first kappa shape index (κ1) is 90.1. The molecule has 4 aliphatic heterocycles. The maximum Gasteiger partial charge on any atom is 0.308 e. The van der Waals surface area contributed by atoms with Gasteiger partial charge in [0.25, 0.3) is 0 Å². The van der Waals surface area contributed by atoms with Crippen molar-refractivity contribution in [3.8, 4) is 0 Å². The molecule has 0 aromatic carbocycles. The number of aromatic nitrogens is 1. The molecule has 5 aliphatic rings. The van der Waals surface area contributed by atoms with Gasteiger partial charge in [0.2, 0.25) is 23.6 Å². The Morgan fingerprint density at radius 3 is 1.21 bits per heavy atom. The lowest BCUT2D eigenvalue weighted by Crippen LogP contribution is -2.48. The number of rotatable bonds is 23. The Kier molecular flexibility index (Phi) is 55.1. The van der Waals surface area contributed by atoms with Crippen LogP contribution in [0.25, 0.3) is 0 Å². The molecule has 22 nitrogen and oxygen atoms in total. The third-order valence-corrected chi connectivity index (χ3v) is 14.2. The molecule has 1 aromatic heterocycles. The van der Waals surface area contributed by atoms with Gasteiger partial charge in [-0.1, -0.05) is 39.7 Å². The fourth-order valence-corrected chi connectivity index (χ4v) is 8.42. The van der Waals surface area contributed by atoms with E-state index in [1.54, 1.807) is 18.0 Å². The summed E-state index contributed by atoms with van der Waals surface area (Å²) in [5.41, 5.74) is 0.987. The zero-order valence-electron chi connectivity index (χ0n) is 62.2. The van der Waals surface area contributed by atoms with E-state index in [0.717, 1.165) is 103 Å². The number of morpholine rings is 1. The second-order valence-electron chi connectivity index (χ2n) is 26.3. The molecule has 4 amide bonds.